The lowest BCUT2D eigenvalue weighted by molar-refractivity contribution is -0.174. The highest BCUT2D eigenvalue weighted by Crippen LogP contribution is 2.27. The van der Waals surface area contributed by atoms with Crippen molar-refractivity contribution in [2.45, 2.75) is 23.2 Å². The fourth-order valence-electron chi connectivity index (χ4n) is 3.90. The number of pyridine rings is 1. The Morgan fingerprint density at radius 1 is 1.06 bits per heavy atom. The number of hydrogen-bond acceptors (Lipinski definition) is 5. The van der Waals surface area contributed by atoms with E-state index in [1.807, 2.05) is 64.2 Å². The van der Waals surface area contributed by atoms with Gasteiger partial charge in [0.25, 0.3) is 5.91 Å². The molecule has 0 N–H and O–H groups in total. The molecule has 182 valence electrons. The number of alkyl halides is 3. The highest BCUT2D eigenvalue weighted by atomic mass is 32.2. The third-order valence-corrected chi connectivity index (χ3v) is 6.70. The van der Waals surface area contributed by atoms with Crippen LogP contribution in [0.15, 0.2) is 59.8 Å². The summed E-state index contributed by atoms with van der Waals surface area (Å²) in [6, 6.07) is 13.5. The zero-order chi connectivity index (χ0) is 24.0. The van der Waals surface area contributed by atoms with Crippen LogP contribution in [0.3, 0.4) is 0 Å². The number of imidazole rings is 1. The van der Waals surface area contributed by atoms with Crippen LogP contribution in [-0.4, -0.2) is 77.2 Å². The molecule has 0 unspecified atom stereocenters. The molecule has 0 radical (unpaired) electrons. The van der Waals surface area contributed by atoms with Gasteiger partial charge in [0.1, 0.15) is 12.3 Å². The average Bonchev–Trinajstić information content (AvgIpc) is 3.25. The van der Waals surface area contributed by atoms with E-state index in [0.29, 0.717) is 50.5 Å². The van der Waals surface area contributed by atoms with Crippen LogP contribution in [0.2, 0.25) is 0 Å². The van der Waals surface area contributed by atoms with Gasteiger partial charge in [-0.3, -0.25) is 9.69 Å². The largest absolute Gasteiger partial charge is 0.411 e. The molecular weight excluding hydrogens is 465 g/mol. The Morgan fingerprint density at radius 3 is 2.59 bits per heavy atom. The van der Waals surface area contributed by atoms with Crippen LogP contribution in [0.4, 0.5) is 13.2 Å². The molecule has 1 saturated heterocycles. The summed E-state index contributed by atoms with van der Waals surface area (Å²) in [6.07, 6.45) is 0.212. The average molecular weight is 493 g/mol. The number of carbonyl (C=O) groups excluding carboxylic acids is 1. The number of thioether (sulfide) groups is 1. The molecule has 3 heterocycles. The highest BCUT2D eigenvalue weighted by molar-refractivity contribution is 7.98. The summed E-state index contributed by atoms with van der Waals surface area (Å²) < 4.78 is 43.0. The Kier molecular flexibility index (Phi) is 8.12. The first kappa shape index (κ1) is 24.6. The Bertz CT molecular complexity index is 1060. The number of benzene rings is 1. The molecule has 1 aliphatic heterocycles. The molecule has 34 heavy (non-hydrogen) atoms. The van der Waals surface area contributed by atoms with E-state index >= 15 is 0 Å². The van der Waals surface area contributed by atoms with Gasteiger partial charge in [0, 0.05) is 62.4 Å². The van der Waals surface area contributed by atoms with Crippen molar-refractivity contribution in [3.8, 4) is 0 Å². The van der Waals surface area contributed by atoms with Crippen molar-refractivity contribution >= 4 is 23.3 Å². The van der Waals surface area contributed by atoms with E-state index in [9.17, 15) is 18.0 Å². The van der Waals surface area contributed by atoms with Crippen molar-refractivity contribution in [1.29, 1.82) is 0 Å². The van der Waals surface area contributed by atoms with E-state index in [-0.39, 0.29) is 12.5 Å². The van der Waals surface area contributed by atoms with Gasteiger partial charge < -0.3 is 14.0 Å². The van der Waals surface area contributed by atoms with E-state index in [2.05, 4.69) is 14.6 Å². The molecule has 1 fully saturated rings. The number of piperazine rings is 1. The first-order chi connectivity index (χ1) is 16.4. The number of amides is 1. The van der Waals surface area contributed by atoms with Gasteiger partial charge in [0.15, 0.2) is 0 Å². The van der Waals surface area contributed by atoms with Gasteiger partial charge in [-0.15, -0.1) is 11.8 Å². The molecule has 0 saturated carbocycles. The summed E-state index contributed by atoms with van der Waals surface area (Å²) in [5.74, 6) is 0.669. The maximum Gasteiger partial charge on any atom is 0.411 e. The van der Waals surface area contributed by atoms with E-state index in [4.69, 9.17) is 0 Å². The van der Waals surface area contributed by atoms with Gasteiger partial charge in [-0.2, -0.15) is 13.2 Å². The third-order valence-electron chi connectivity index (χ3n) is 5.60. The summed E-state index contributed by atoms with van der Waals surface area (Å²) in [6.45, 7) is 2.11. The van der Waals surface area contributed by atoms with Crippen molar-refractivity contribution < 1.29 is 22.7 Å². The predicted molar refractivity (Wildman–Crippen MR) is 125 cm³/mol. The Hall–Kier alpha value is -2.56. The fraction of sp³-hybridized carbons (Fsp3) is 0.417. The Morgan fingerprint density at radius 2 is 1.82 bits per heavy atom. The summed E-state index contributed by atoms with van der Waals surface area (Å²) in [4.78, 5) is 22.8. The molecule has 0 bridgehead atoms. The van der Waals surface area contributed by atoms with Crippen LogP contribution in [0.25, 0.3) is 5.65 Å². The van der Waals surface area contributed by atoms with Gasteiger partial charge >= 0.3 is 6.18 Å². The topological polar surface area (TPSA) is 50.1 Å². The first-order valence-corrected chi connectivity index (χ1v) is 12.2. The van der Waals surface area contributed by atoms with E-state index in [0.717, 1.165) is 16.2 Å². The first-order valence-electron chi connectivity index (χ1n) is 11.2. The number of nitrogens with zero attached hydrogens (tertiary/aromatic N) is 4. The van der Waals surface area contributed by atoms with Gasteiger partial charge in [-0.1, -0.05) is 18.2 Å². The van der Waals surface area contributed by atoms with Crippen molar-refractivity contribution in [1.82, 2.24) is 19.2 Å². The smallest absolute Gasteiger partial charge is 0.372 e. The lowest BCUT2D eigenvalue weighted by Gasteiger charge is -2.35. The number of aromatic nitrogens is 2. The molecule has 1 amide bonds. The molecule has 3 aromatic rings. The number of rotatable bonds is 9. The zero-order valence-electron chi connectivity index (χ0n) is 18.7. The molecule has 4 rings (SSSR count). The van der Waals surface area contributed by atoms with Crippen molar-refractivity contribution in [3.05, 3.63) is 66.1 Å². The SMILES string of the molecule is O=C(c1ccccc1SCc1cn2ccccc2n1)N1CCN(CCCOCC(F)(F)F)CC1. The third kappa shape index (κ3) is 6.74. The summed E-state index contributed by atoms with van der Waals surface area (Å²) in [7, 11) is 0. The molecule has 1 aromatic carbocycles. The van der Waals surface area contributed by atoms with Crippen LogP contribution < -0.4 is 0 Å². The quantitative estimate of drug-likeness (QED) is 0.328. The maximum atomic E-state index is 13.2. The molecule has 1 aliphatic rings. The lowest BCUT2D eigenvalue weighted by Crippen LogP contribution is -2.49. The minimum Gasteiger partial charge on any atom is -0.372 e. The lowest BCUT2D eigenvalue weighted by atomic mass is 10.1. The fourth-order valence-corrected chi connectivity index (χ4v) is 4.83. The number of carbonyl (C=O) groups is 1. The highest BCUT2D eigenvalue weighted by Gasteiger charge is 2.27. The van der Waals surface area contributed by atoms with Gasteiger partial charge in [-0.25, -0.2) is 4.98 Å². The Labute approximate surface area is 200 Å². The second kappa shape index (κ2) is 11.2. The number of halogens is 3. The van der Waals surface area contributed by atoms with Crippen LogP contribution in [0, 0.1) is 0 Å². The van der Waals surface area contributed by atoms with Crippen LogP contribution in [-0.2, 0) is 10.5 Å². The number of hydrogen-bond donors (Lipinski definition) is 0. The summed E-state index contributed by atoms with van der Waals surface area (Å²) in [5, 5.41) is 0. The molecule has 2 aromatic heterocycles. The second-order valence-electron chi connectivity index (χ2n) is 8.14. The van der Waals surface area contributed by atoms with Crippen molar-refractivity contribution in [3.63, 3.8) is 0 Å². The minimum atomic E-state index is -4.28. The summed E-state index contributed by atoms with van der Waals surface area (Å²) in [5.41, 5.74) is 2.53. The number of ether oxygens (including phenoxy) is 1. The second-order valence-corrected chi connectivity index (χ2v) is 9.16. The number of fused-ring (bicyclic) bond motifs is 1. The zero-order valence-corrected chi connectivity index (χ0v) is 19.5. The molecule has 0 aliphatic carbocycles. The van der Waals surface area contributed by atoms with Gasteiger partial charge in [0.05, 0.1) is 11.3 Å². The summed E-state index contributed by atoms with van der Waals surface area (Å²) >= 11 is 1.60. The van der Waals surface area contributed by atoms with Crippen LogP contribution >= 0.6 is 11.8 Å². The molecular formula is C24H27F3N4O2S. The molecule has 0 atom stereocenters. The van der Waals surface area contributed by atoms with Crippen molar-refractivity contribution in [2.24, 2.45) is 0 Å². The molecule has 6 nitrogen and oxygen atoms in total. The predicted octanol–water partition coefficient (Wildman–Crippen LogP) is 4.35. The van der Waals surface area contributed by atoms with Crippen LogP contribution in [0.5, 0.6) is 0 Å². The van der Waals surface area contributed by atoms with Gasteiger partial charge in [0.2, 0.25) is 0 Å². The normalized spacial score (nSPS) is 15.2. The van der Waals surface area contributed by atoms with Gasteiger partial charge in [-0.05, 0) is 30.7 Å². The van der Waals surface area contributed by atoms with Crippen molar-refractivity contribution in [2.75, 3.05) is 45.9 Å². The van der Waals surface area contributed by atoms with Crippen LogP contribution in [0.1, 0.15) is 22.5 Å². The minimum absolute atomic E-state index is 0.00580. The molecule has 10 heteroatoms. The molecule has 0 spiro atoms. The van der Waals surface area contributed by atoms with E-state index < -0.39 is 12.8 Å². The Balaban J connectivity index is 1.26. The van der Waals surface area contributed by atoms with E-state index in [1.165, 1.54) is 0 Å². The maximum absolute atomic E-state index is 13.2. The van der Waals surface area contributed by atoms with E-state index in [1.54, 1.807) is 11.8 Å². The standard InChI is InChI=1S/C24H27F3N4O2S/c25-24(26,27)18-33-15-5-9-29-11-13-30(14-12-29)23(32)20-6-1-2-7-21(20)34-17-19-16-31-10-4-3-8-22(31)28-19/h1-4,6-8,10,16H,5,9,11-15,17-18H2. The monoisotopic (exact) mass is 492 g/mol.